The average Bonchev–Trinajstić information content (AvgIpc) is 2.70. The molecule has 2 rings (SSSR count). The summed E-state index contributed by atoms with van der Waals surface area (Å²) >= 11 is 1.71. The number of thiazole rings is 1. The van der Waals surface area contributed by atoms with Crippen LogP contribution in [0.15, 0.2) is 11.6 Å². The summed E-state index contributed by atoms with van der Waals surface area (Å²) in [6.45, 7) is 4.66. The first kappa shape index (κ1) is 12.1. The van der Waals surface area contributed by atoms with Crippen LogP contribution >= 0.6 is 11.3 Å². The van der Waals surface area contributed by atoms with Gasteiger partial charge in [0.25, 0.3) is 0 Å². The van der Waals surface area contributed by atoms with E-state index in [2.05, 4.69) is 18.8 Å². The van der Waals surface area contributed by atoms with Crippen molar-refractivity contribution >= 4 is 11.3 Å². The Kier molecular flexibility index (Phi) is 3.65. The van der Waals surface area contributed by atoms with E-state index in [0.29, 0.717) is 0 Å². The van der Waals surface area contributed by atoms with Gasteiger partial charge in [-0.15, -0.1) is 11.3 Å². The van der Waals surface area contributed by atoms with Gasteiger partial charge in [0.2, 0.25) is 0 Å². The first-order valence-corrected chi connectivity index (χ1v) is 7.18. The summed E-state index contributed by atoms with van der Waals surface area (Å²) in [6.07, 6.45) is 7.92. The molecular formula is C13H22N2S. The summed E-state index contributed by atoms with van der Waals surface area (Å²) in [6, 6.07) is 0. The second kappa shape index (κ2) is 4.84. The predicted octanol–water partition coefficient (Wildman–Crippen LogP) is 3.53. The van der Waals surface area contributed by atoms with Crippen molar-refractivity contribution in [1.29, 1.82) is 0 Å². The van der Waals surface area contributed by atoms with Crippen LogP contribution in [0.3, 0.4) is 0 Å². The predicted molar refractivity (Wildman–Crippen MR) is 69.4 cm³/mol. The van der Waals surface area contributed by atoms with Gasteiger partial charge in [-0.3, -0.25) is 0 Å². The Morgan fingerprint density at radius 3 is 2.88 bits per heavy atom. The van der Waals surface area contributed by atoms with Crippen molar-refractivity contribution in [2.45, 2.75) is 51.5 Å². The van der Waals surface area contributed by atoms with Crippen LogP contribution in [0, 0.1) is 11.8 Å². The molecule has 1 aliphatic carbocycles. The van der Waals surface area contributed by atoms with Gasteiger partial charge >= 0.3 is 0 Å². The fourth-order valence-electron chi connectivity index (χ4n) is 2.74. The summed E-state index contributed by atoms with van der Waals surface area (Å²) < 4.78 is 0. The van der Waals surface area contributed by atoms with Crippen molar-refractivity contribution in [2.75, 3.05) is 0 Å². The van der Waals surface area contributed by atoms with Crippen molar-refractivity contribution in [3.8, 4) is 0 Å². The topological polar surface area (TPSA) is 38.9 Å². The molecule has 2 unspecified atom stereocenters. The van der Waals surface area contributed by atoms with Gasteiger partial charge < -0.3 is 5.73 Å². The molecule has 1 aromatic rings. The van der Waals surface area contributed by atoms with Crippen molar-refractivity contribution in [3.63, 3.8) is 0 Å². The minimum Gasteiger partial charge on any atom is -0.319 e. The summed E-state index contributed by atoms with van der Waals surface area (Å²) in [4.78, 5) is 4.42. The third kappa shape index (κ3) is 2.46. The van der Waals surface area contributed by atoms with Crippen LogP contribution in [0.2, 0.25) is 0 Å². The second-order valence-electron chi connectivity index (χ2n) is 5.43. The van der Waals surface area contributed by atoms with Crippen molar-refractivity contribution in [1.82, 2.24) is 4.98 Å². The molecule has 2 atom stereocenters. The number of aromatic nitrogens is 1. The zero-order valence-corrected chi connectivity index (χ0v) is 11.1. The monoisotopic (exact) mass is 238 g/mol. The number of hydrogen-bond donors (Lipinski definition) is 1. The molecule has 16 heavy (non-hydrogen) atoms. The van der Waals surface area contributed by atoms with E-state index in [-0.39, 0.29) is 5.54 Å². The van der Waals surface area contributed by atoms with Crippen molar-refractivity contribution in [2.24, 2.45) is 17.6 Å². The SMILES string of the molecule is CC(C)C1CCCC(N)(c2nccs2)CC1. The van der Waals surface area contributed by atoms with Crippen molar-refractivity contribution < 1.29 is 0 Å². The molecule has 0 saturated heterocycles. The van der Waals surface area contributed by atoms with Crippen LogP contribution in [0.5, 0.6) is 0 Å². The Balaban J connectivity index is 2.08. The summed E-state index contributed by atoms with van der Waals surface area (Å²) in [7, 11) is 0. The van der Waals surface area contributed by atoms with E-state index in [0.717, 1.165) is 29.7 Å². The molecule has 0 aromatic carbocycles. The highest BCUT2D eigenvalue weighted by atomic mass is 32.1. The molecule has 1 heterocycles. The summed E-state index contributed by atoms with van der Waals surface area (Å²) in [5.41, 5.74) is 6.39. The minimum atomic E-state index is -0.141. The van der Waals surface area contributed by atoms with E-state index in [9.17, 15) is 0 Å². The Morgan fingerprint density at radius 2 is 2.25 bits per heavy atom. The lowest BCUT2D eigenvalue weighted by molar-refractivity contribution is 0.325. The number of hydrogen-bond acceptors (Lipinski definition) is 3. The van der Waals surface area contributed by atoms with E-state index in [1.165, 1.54) is 19.3 Å². The highest BCUT2D eigenvalue weighted by molar-refractivity contribution is 7.09. The molecule has 2 N–H and O–H groups in total. The fourth-order valence-corrected chi connectivity index (χ4v) is 3.55. The zero-order valence-electron chi connectivity index (χ0n) is 10.3. The molecule has 0 bridgehead atoms. The van der Waals surface area contributed by atoms with Gasteiger partial charge in [0, 0.05) is 11.6 Å². The third-order valence-electron chi connectivity index (χ3n) is 3.96. The molecule has 1 aromatic heterocycles. The molecular weight excluding hydrogens is 216 g/mol. The zero-order chi connectivity index (χ0) is 11.6. The maximum atomic E-state index is 6.54. The average molecular weight is 238 g/mol. The maximum absolute atomic E-state index is 6.54. The fraction of sp³-hybridized carbons (Fsp3) is 0.769. The largest absolute Gasteiger partial charge is 0.319 e. The highest BCUT2D eigenvalue weighted by Gasteiger charge is 2.33. The van der Waals surface area contributed by atoms with Crippen molar-refractivity contribution in [3.05, 3.63) is 16.6 Å². The minimum absolute atomic E-state index is 0.141. The first-order chi connectivity index (χ1) is 7.62. The lowest BCUT2D eigenvalue weighted by Crippen LogP contribution is -2.36. The lowest BCUT2D eigenvalue weighted by atomic mass is 9.87. The molecule has 1 saturated carbocycles. The molecule has 90 valence electrons. The standard InChI is InChI=1S/C13H22N2S/c1-10(2)11-4-3-6-13(14,7-5-11)12-15-8-9-16-12/h8-11H,3-7,14H2,1-2H3. The molecule has 0 aliphatic heterocycles. The Labute approximate surface area is 102 Å². The van der Waals surface area contributed by atoms with E-state index < -0.39 is 0 Å². The van der Waals surface area contributed by atoms with E-state index in [1.54, 1.807) is 11.3 Å². The van der Waals surface area contributed by atoms with Gasteiger partial charge in [0.1, 0.15) is 5.01 Å². The lowest BCUT2D eigenvalue weighted by Gasteiger charge is -2.26. The highest BCUT2D eigenvalue weighted by Crippen LogP contribution is 2.38. The first-order valence-electron chi connectivity index (χ1n) is 6.31. The smallest absolute Gasteiger partial charge is 0.112 e. The second-order valence-corrected chi connectivity index (χ2v) is 6.32. The molecule has 2 nitrogen and oxygen atoms in total. The quantitative estimate of drug-likeness (QED) is 0.800. The van der Waals surface area contributed by atoms with Crippen LogP contribution < -0.4 is 5.73 Å². The normalized spacial score (nSPS) is 31.6. The maximum Gasteiger partial charge on any atom is 0.112 e. The summed E-state index contributed by atoms with van der Waals surface area (Å²) in [5, 5.41) is 3.17. The summed E-state index contributed by atoms with van der Waals surface area (Å²) in [5.74, 6) is 1.64. The van der Waals surface area contributed by atoms with Gasteiger partial charge in [-0.2, -0.15) is 0 Å². The van der Waals surface area contributed by atoms with E-state index in [4.69, 9.17) is 5.73 Å². The van der Waals surface area contributed by atoms with Gasteiger partial charge in [-0.25, -0.2) is 4.98 Å². The van der Waals surface area contributed by atoms with E-state index in [1.807, 2.05) is 11.6 Å². The molecule has 0 amide bonds. The number of nitrogens with two attached hydrogens (primary N) is 1. The number of nitrogens with zero attached hydrogens (tertiary/aromatic N) is 1. The van der Waals surface area contributed by atoms with Crippen LogP contribution in [0.1, 0.15) is 51.0 Å². The Morgan fingerprint density at radius 1 is 1.44 bits per heavy atom. The van der Waals surface area contributed by atoms with Crippen LogP contribution in [-0.2, 0) is 5.54 Å². The number of rotatable bonds is 2. The van der Waals surface area contributed by atoms with Gasteiger partial charge in [0.15, 0.2) is 0 Å². The third-order valence-corrected chi connectivity index (χ3v) is 4.95. The molecule has 0 spiro atoms. The Bertz CT molecular complexity index is 321. The van der Waals surface area contributed by atoms with Gasteiger partial charge in [0.05, 0.1) is 5.54 Å². The molecule has 0 radical (unpaired) electrons. The molecule has 1 fully saturated rings. The van der Waals surface area contributed by atoms with Crippen LogP contribution in [0.4, 0.5) is 0 Å². The molecule has 3 heteroatoms. The Hall–Kier alpha value is -0.410. The van der Waals surface area contributed by atoms with E-state index >= 15 is 0 Å². The van der Waals surface area contributed by atoms with Crippen LogP contribution in [-0.4, -0.2) is 4.98 Å². The van der Waals surface area contributed by atoms with Gasteiger partial charge in [-0.05, 0) is 31.1 Å². The molecule has 1 aliphatic rings. The van der Waals surface area contributed by atoms with Gasteiger partial charge in [-0.1, -0.05) is 26.7 Å². The van der Waals surface area contributed by atoms with Crippen LogP contribution in [0.25, 0.3) is 0 Å².